The van der Waals surface area contributed by atoms with Crippen molar-refractivity contribution in [1.29, 1.82) is 0 Å². The Balaban J connectivity index is 2.54. The first kappa shape index (κ1) is 9.96. The largest absolute Gasteiger partial charge is 0.490 e. The Morgan fingerprint density at radius 2 is 2.29 bits per heavy atom. The topological polar surface area (TPSA) is 55.5 Å². The van der Waals surface area contributed by atoms with Gasteiger partial charge in [-0.05, 0) is 24.6 Å². The zero-order valence-corrected chi connectivity index (χ0v) is 9.41. The van der Waals surface area contributed by atoms with Crippen molar-refractivity contribution in [1.82, 2.24) is 0 Å². The molecule has 0 aromatic heterocycles. The number of aliphatic hydroxyl groups is 1. The monoisotopic (exact) mass is 257 g/mol. The molecule has 3 N–H and O–H groups in total. The zero-order chi connectivity index (χ0) is 10.3. The minimum Gasteiger partial charge on any atom is -0.490 e. The fourth-order valence-electron chi connectivity index (χ4n) is 1.68. The minimum absolute atomic E-state index is 0.274. The first-order valence-electron chi connectivity index (χ1n) is 4.46. The Kier molecular flexibility index (Phi) is 2.51. The van der Waals surface area contributed by atoms with Crippen molar-refractivity contribution >= 4 is 15.9 Å². The van der Waals surface area contributed by atoms with Crippen LogP contribution in [0, 0.1) is 6.92 Å². The number of halogens is 1. The molecular formula is C10H12BrNO2. The van der Waals surface area contributed by atoms with Crippen molar-refractivity contribution in [2.45, 2.75) is 19.1 Å². The molecule has 0 spiro atoms. The van der Waals surface area contributed by atoms with E-state index in [0.29, 0.717) is 0 Å². The Labute approximate surface area is 91.0 Å². The van der Waals surface area contributed by atoms with Crippen molar-refractivity contribution in [3.63, 3.8) is 0 Å². The third-order valence-corrected chi connectivity index (χ3v) is 2.90. The summed E-state index contributed by atoms with van der Waals surface area (Å²) in [6.07, 6.45) is -0.615. The number of nitrogens with two attached hydrogens (primary N) is 1. The molecule has 1 aromatic carbocycles. The number of rotatable bonds is 0. The van der Waals surface area contributed by atoms with Crippen LogP contribution in [-0.2, 0) is 0 Å². The van der Waals surface area contributed by atoms with Gasteiger partial charge >= 0.3 is 0 Å². The van der Waals surface area contributed by atoms with Crippen LogP contribution in [-0.4, -0.2) is 17.8 Å². The van der Waals surface area contributed by atoms with E-state index in [4.69, 9.17) is 10.5 Å². The number of ether oxygens (including phenoxy) is 1. The summed E-state index contributed by atoms with van der Waals surface area (Å²) < 4.78 is 6.40. The molecule has 0 radical (unpaired) electrons. The van der Waals surface area contributed by atoms with Crippen molar-refractivity contribution in [3.8, 4) is 5.75 Å². The van der Waals surface area contributed by atoms with Crippen LogP contribution in [0.4, 0.5) is 0 Å². The van der Waals surface area contributed by atoms with Crippen LogP contribution in [0.25, 0.3) is 0 Å². The van der Waals surface area contributed by atoms with Gasteiger partial charge in [0.1, 0.15) is 18.5 Å². The van der Waals surface area contributed by atoms with Crippen molar-refractivity contribution in [3.05, 3.63) is 27.7 Å². The molecular weight excluding hydrogens is 246 g/mol. The summed E-state index contributed by atoms with van der Waals surface area (Å²) in [5, 5.41) is 9.54. The number of fused-ring (bicyclic) bond motifs is 1. The second-order valence-electron chi connectivity index (χ2n) is 3.55. The van der Waals surface area contributed by atoms with Gasteiger partial charge in [-0.2, -0.15) is 0 Å². The maximum atomic E-state index is 9.54. The predicted molar refractivity (Wildman–Crippen MR) is 57.3 cm³/mol. The number of benzene rings is 1. The molecule has 0 saturated carbocycles. The highest BCUT2D eigenvalue weighted by atomic mass is 79.9. The third kappa shape index (κ3) is 1.54. The number of aryl methyl sites for hydroxylation is 1. The molecule has 1 heterocycles. The van der Waals surface area contributed by atoms with Gasteiger partial charge in [-0.25, -0.2) is 0 Å². The average molecular weight is 258 g/mol. The lowest BCUT2D eigenvalue weighted by molar-refractivity contribution is 0.0674. The van der Waals surface area contributed by atoms with Crippen molar-refractivity contribution in [2.24, 2.45) is 5.73 Å². The molecule has 1 aromatic rings. The van der Waals surface area contributed by atoms with E-state index in [1.807, 2.05) is 19.1 Å². The molecule has 14 heavy (non-hydrogen) atoms. The van der Waals surface area contributed by atoms with Gasteiger partial charge in [0, 0.05) is 10.0 Å². The molecule has 76 valence electrons. The molecule has 4 heteroatoms. The number of hydrogen-bond acceptors (Lipinski definition) is 3. The SMILES string of the molecule is Cc1cc(Br)cc2c1OCC(O)C2N. The van der Waals surface area contributed by atoms with Gasteiger partial charge in [-0.15, -0.1) is 0 Å². The van der Waals surface area contributed by atoms with Crippen LogP contribution in [0.3, 0.4) is 0 Å². The highest BCUT2D eigenvalue weighted by Crippen LogP contribution is 2.35. The Morgan fingerprint density at radius 1 is 1.57 bits per heavy atom. The smallest absolute Gasteiger partial charge is 0.127 e. The van der Waals surface area contributed by atoms with Crippen molar-refractivity contribution in [2.75, 3.05) is 6.61 Å². The van der Waals surface area contributed by atoms with Crippen LogP contribution >= 0.6 is 15.9 Å². The second-order valence-corrected chi connectivity index (χ2v) is 4.46. The average Bonchev–Trinajstić information content (AvgIpc) is 2.12. The molecule has 0 amide bonds. The zero-order valence-electron chi connectivity index (χ0n) is 7.83. The maximum Gasteiger partial charge on any atom is 0.127 e. The Hall–Kier alpha value is -0.580. The predicted octanol–water partition coefficient (Wildman–Crippen LogP) is 1.51. The van der Waals surface area contributed by atoms with Crippen LogP contribution in [0.1, 0.15) is 17.2 Å². The molecule has 2 rings (SSSR count). The second kappa shape index (κ2) is 3.53. The molecule has 0 saturated heterocycles. The summed E-state index contributed by atoms with van der Waals surface area (Å²) in [6, 6.07) is 3.52. The van der Waals surface area contributed by atoms with Crippen molar-refractivity contribution < 1.29 is 9.84 Å². The van der Waals surface area contributed by atoms with Gasteiger partial charge in [-0.3, -0.25) is 0 Å². The Morgan fingerprint density at radius 3 is 3.00 bits per heavy atom. The van der Waals surface area contributed by atoms with Gasteiger partial charge < -0.3 is 15.6 Å². The molecule has 2 atom stereocenters. The molecule has 1 aliphatic rings. The van der Waals surface area contributed by atoms with Crippen LogP contribution in [0.5, 0.6) is 5.75 Å². The lowest BCUT2D eigenvalue weighted by Gasteiger charge is -2.29. The van der Waals surface area contributed by atoms with Gasteiger partial charge in [0.2, 0.25) is 0 Å². The molecule has 0 fully saturated rings. The summed E-state index contributed by atoms with van der Waals surface area (Å²) in [5.41, 5.74) is 7.79. The van der Waals surface area contributed by atoms with Gasteiger partial charge in [-0.1, -0.05) is 15.9 Å². The van der Waals surface area contributed by atoms with Gasteiger partial charge in [0.15, 0.2) is 0 Å². The lowest BCUT2D eigenvalue weighted by Crippen LogP contribution is -2.36. The van der Waals surface area contributed by atoms with E-state index in [0.717, 1.165) is 21.3 Å². The first-order valence-corrected chi connectivity index (χ1v) is 5.25. The normalized spacial score (nSPS) is 25.4. The fourth-order valence-corrected chi connectivity index (χ4v) is 2.27. The molecule has 1 aliphatic heterocycles. The molecule has 2 unspecified atom stereocenters. The van der Waals surface area contributed by atoms with Gasteiger partial charge in [0.05, 0.1) is 6.04 Å². The van der Waals surface area contributed by atoms with E-state index in [1.165, 1.54) is 0 Å². The van der Waals surface area contributed by atoms with E-state index < -0.39 is 6.10 Å². The van der Waals surface area contributed by atoms with E-state index >= 15 is 0 Å². The highest BCUT2D eigenvalue weighted by Gasteiger charge is 2.27. The summed E-state index contributed by atoms with van der Waals surface area (Å²) in [7, 11) is 0. The van der Waals surface area contributed by atoms with Crippen LogP contribution in [0.2, 0.25) is 0 Å². The van der Waals surface area contributed by atoms with Gasteiger partial charge in [0.25, 0.3) is 0 Å². The number of hydrogen-bond donors (Lipinski definition) is 2. The molecule has 0 bridgehead atoms. The number of aliphatic hydroxyl groups excluding tert-OH is 1. The highest BCUT2D eigenvalue weighted by molar-refractivity contribution is 9.10. The first-order chi connectivity index (χ1) is 6.59. The van der Waals surface area contributed by atoms with Crippen LogP contribution < -0.4 is 10.5 Å². The maximum absolute atomic E-state index is 9.54. The summed E-state index contributed by atoms with van der Waals surface area (Å²) >= 11 is 3.40. The Bertz CT molecular complexity index is 367. The lowest BCUT2D eigenvalue weighted by atomic mass is 9.97. The van der Waals surface area contributed by atoms with Crippen LogP contribution in [0.15, 0.2) is 16.6 Å². The minimum atomic E-state index is -0.615. The van der Waals surface area contributed by atoms with E-state index in [1.54, 1.807) is 0 Å². The summed E-state index contributed by atoms with van der Waals surface area (Å²) in [4.78, 5) is 0. The quantitative estimate of drug-likeness (QED) is 0.741. The summed E-state index contributed by atoms with van der Waals surface area (Å²) in [5.74, 6) is 0.811. The molecule has 3 nitrogen and oxygen atoms in total. The summed E-state index contributed by atoms with van der Waals surface area (Å²) in [6.45, 7) is 2.24. The molecule has 0 aliphatic carbocycles. The van der Waals surface area contributed by atoms with E-state index in [9.17, 15) is 5.11 Å². The standard InChI is InChI=1S/C10H12BrNO2/c1-5-2-6(11)3-7-9(12)8(13)4-14-10(5)7/h2-3,8-9,13H,4,12H2,1H3. The van der Waals surface area contributed by atoms with E-state index in [2.05, 4.69) is 15.9 Å². The van der Waals surface area contributed by atoms with E-state index in [-0.39, 0.29) is 12.6 Å². The third-order valence-electron chi connectivity index (χ3n) is 2.44. The fraction of sp³-hybridized carbons (Fsp3) is 0.400.